The molecule has 6 nitrogen and oxygen atoms in total. The van der Waals surface area contributed by atoms with E-state index >= 15 is 0 Å². The van der Waals surface area contributed by atoms with Crippen LogP contribution in [0.15, 0.2) is 36.5 Å². The monoisotopic (exact) mass is 367 g/mol. The number of hydrogen-bond acceptors (Lipinski definition) is 6. The zero-order valence-electron chi connectivity index (χ0n) is 14.6. The van der Waals surface area contributed by atoms with Crippen LogP contribution in [-0.2, 0) is 6.54 Å². The Hall–Kier alpha value is -2.51. The lowest BCUT2D eigenvalue weighted by molar-refractivity contribution is 0.0968. The number of likely N-dealkylation sites (tertiary alicyclic amines) is 1. The highest BCUT2D eigenvalue weighted by molar-refractivity contribution is 7.21. The third kappa shape index (κ3) is 3.04. The van der Waals surface area contributed by atoms with Crippen LogP contribution in [0.2, 0.25) is 0 Å². The molecule has 3 N–H and O–H groups in total. The minimum absolute atomic E-state index is 0.162. The fourth-order valence-electron chi connectivity index (χ4n) is 3.53. The van der Waals surface area contributed by atoms with E-state index in [9.17, 15) is 4.79 Å². The molecule has 0 bridgehead atoms. The third-order valence-corrected chi connectivity index (χ3v) is 5.96. The van der Waals surface area contributed by atoms with Crippen LogP contribution < -0.4 is 11.1 Å². The van der Waals surface area contributed by atoms with E-state index in [0.717, 1.165) is 47.5 Å². The molecule has 1 fully saturated rings. The predicted octanol–water partition coefficient (Wildman–Crippen LogP) is 2.97. The summed E-state index contributed by atoms with van der Waals surface area (Å²) >= 11 is 1.36. The molecule has 0 saturated carbocycles. The first kappa shape index (κ1) is 16.9. The molecule has 1 atom stereocenters. The number of nitrogen functional groups attached to an aromatic ring is 1. The van der Waals surface area contributed by atoms with E-state index in [0.29, 0.717) is 10.6 Å². The third-order valence-electron chi connectivity index (χ3n) is 4.84. The van der Waals surface area contributed by atoms with E-state index in [-0.39, 0.29) is 11.9 Å². The molecule has 1 aliphatic rings. The zero-order valence-corrected chi connectivity index (χ0v) is 15.4. The number of nitrogens with two attached hydrogens (primary N) is 1. The van der Waals surface area contributed by atoms with E-state index in [4.69, 9.17) is 10.7 Å². The fourth-order valence-corrected chi connectivity index (χ4v) is 4.58. The number of fused-ring (bicyclic) bond motifs is 1. The molecule has 1 aliphatic heterocycles. The number of anilines is 1. The highest BCUT2D eigenvalue weighted by Crippen LogP contribution is 2.36. The van der Waals surface area contributed by atoms with Crippen molar-refractivity contribution in [2.45, 2.75) is 25.4 Å². The van der Waals surface area contributed by atoms with Crippen molar-refractivity contribution in [3.63, 3.8) is 0 Å². The number of aromatic nitrogens is 2. The summed E-state index contributed by atoms with van der Waals surface area (Å²) in [5.74, 6) is -0.162. The highest BCUT2D eigenvalue weighted by Gasteiger charge is 2.28. The number of carbonyl (C=O) groups excluding carboxylic acids is 1. The Morgan fingerprint density at radius 1 is 1.38 bits per heavy atom. The normalized spacial score (nSPS) is 17.7. The highest BCUT2D eigenvalue weighted by atomic mass is 32.1. The number of rotatable bonds is 4. The number of hydrogen-bond donors (Lipinski definition) is 2. The van der Waals surface area contributed by atoms with Gasteiger partial charge in [-0.05, 0) is 43.7 Å². The molecular formula is C19H21N5OS. The van der Waals surface area contributed by atoms with Gasteiger partial charge in [-0.15, -0.1) is 11.3 Å². The van der Waals surface area contributed by atoms with Crippen molar-refractivity contribution < 1.29 is 4.79 Å². The maximum absolute atomic E-state index is 12.0. The summed E-state index contributed by atoms with van der Waals surface area (Å²) in [4.78, 5) is 25.0. The molecular weight excluding hydrogens is 346 g/mol. The molecule has 1 amide bonds. The number of carbonyl (C=O) groups is 1. The number of nitrogens with one attached hydrogen (secondary N) is 1. The molecule has 0 aromatic carbocycles. The van der Waals surface area contributed by atoms with Gasteiger partial charge in [0.25, 0.3) is 5.91 Å². The van der Waals surface area contributed by atoms with Gasteiger partial charge in [0, 0.05) is 25.2 Å². The van der Waals surface area contributed by atoms with Gasteiger partial charge in [0.2, 0.25) is 0 Å². The van der Waals surface area contributed by atoms with E-state index in [1.54, 1.807) is 7.05 Å². The Labute approximate surface area is 156 Å². The van der Waals surface area contributed by atoms with Crippen LogP contribution in [0.3, 0.4) is 0 Å². The van der Waals surface area contributed by atoms with Gasteiger partial charge < -0.3 is 11.1 Å². The van der Waals surface area contributed by atoms with E-state index in [1.807, 2.05) is 30.5 Å². The van der Waals surface area contributed by atoms with E-state index in [2.05, 4.69) is 21.3 Å². The molecule has 0 aliphatic carbocycles. The van der Waals surface area contributed by atoms with Gasteiger partial charge in [-0.25, -0.2) is 4.98 Å². The molecule has 26 heavy (non-hydrogen) atoms. The Morgan fingerprint density at radius 2 is 2.27 bits per heavy atom. The summed E-state index contributed by atoms with van der Waals surface area (Å²) in [6, 6.07) is 10.3. The second-order valence-corrected chi connectivity index (χ2v) is 7.46. The molecule has 3 aromatic rings. The van der Waals surface area contributed by atoms with Gasteiger partial charge in [-0.3, -0.25) is 14.7 Å². The van der Waals surface area contributed by atoms with Crippen LogP contribution in [0, 0.1) is 0 Å². The van der Waals surface area contributed by atoms with Crippen LogP contribution >= 0.6 is 11.3 Å². The Kier molecular flexibility index (Phi) is 4.57. The van der Waals surface area contributed by atoms with Gasteiger partial charge in [0.05, 0.1) is 23.1 Å². The Balaban J connectivity index is 1.64. The average molecular weight is 367 g/mol. The quantitative estimate of drug-likeness (QED) is 0.741. The number of thiophene rings is 1. The second kappa shape index (κ2) is 7.01. The van der Waals surface area contributed by atoms with Crippen molar-refractivity contribution >= 4 is 33.1 Å². The first-order chi connectivity index (χ1) is 12.7. The maximum atomic E-state index is 12.0. The van der Waals surface area contributed by atoms with Gasteiger partial charge in [-0.2, -0.15) is 0 Å². The summed E-state index contributed by atoms with van der Waals surface area (Å²) in [5, 5.41) is 3.49. The van der Waals surface area contributed by atoms with Crippen LogP contribution in [0.25, 0.3) is 10.2 Å². The predicted molar refractivity (Wildman–Crippen MR) is 104 cm³/mol. The molecule has 0 unspecified atom stereocenters. The van der Waals surface area contributed by atoms with Gasteiger partial charge in [0.15, 0.2) is 0 Å². The number of pyridine rings is 2. The van der Waals surface area contributed by atoms with Crippen LogP contribution in [0.1, 0.15) is 39.9 Å². The van der Waals surface area contributed by atoms with E-state index in [1.165, 1.54) is 11.3 Å². The topological polar surface area (TPSA) is 84.1 Å². The average Bonchev–Trinajstić information content (AvgIpc) is 3.26. The maximum Gasteiger partial charge on any atom is 0.263 e. The van der Waals surface area contributed by atoms with Crippen molar-refractivity contribution in [3.05, 3.63) is 52.8 Å². The van der Waals surface area contributed by atoms with Gasteiger partial charge in [-0.1, -0.05) is 6.07 Å². The van der Waals surface area contributed by atoms with Crippen molar-refractivity contribution in [2.24, 2.45) is 0 Å². The van der Waals surface area contributed by atoms with Gasteiger partial charge in [0.1, 0.15) is 9.71 Å². The molecule has 134 valence electrons. The van der Waals surface area contributed by atoms with Crippen molar-refractivity contribution in [1.29, 1.82) is 0 Å². The molecule has 4 rings (SSSR count). The van der Waals surface area contributed by atoms with Crippen LogP contribution in [0.4, 0.5) is 5.69 Å². The fraction of sp³-hybridized carbons (Fsp3) is 0.316. The number of nitrogens with zero attached hydrogens (tertiary/aromatic N) is 3. The summed E-state index contributed by atoms with van der Waals surface area (Å²) in [6.45, 7) is 1.86. The first-order valence-electron chi connectivity index (χ1n) is 8.72. The lowest BCUT2D eigenvalue weighted by atomic mass is 10.1. The second-order valence-electron chi connectivity index (χ2n) is 6.46. The number of amides is 1. The SMILES string of the molecule is CNC(=O)c1sc2nc([C@@H]3CCCN3Cc3ccccn3)ccc2c1N. The molecule has 3 aromatic heterocycles. The Morgan fingerprint density at radius 3 is 3.04 bits per heavy atom. The van der Waals surface area contributed by atoms with Crippen LogP contribution in [-0.4, -0.2) is 34.4 Å². The Bertz CT molecular complexity index is 940. The summed E-state index contributed by atoms with van der Waals surface area (Å²) in [5.41, 5.74) is 8.76. The molecule has 0 radical (unpaired) electrons. The van der Waals surface area contributed by atoms with Crippen molar-refractivity contribution in [2.75, 3.05) is 19.3 Å². The summed E-state index contributed by atoms with van der Waals surface area (Å²) in [6.07, 6.45) is 4.06. The van der Waals surface area contributed by atoms with Crippen LogP contribution in [0.5, 0.6) is 0 Å². The molecule has 7 heteroatoms. The minimum Gasteiger partial charge on any atom is -0.397 e. The van der Waals surface area contributed by atoms with Crippen molar-refractivity contribution in [1.82, 2.24) is 20.2 Å². The lowest BCUT2D eigenvalue weighted by Crippen LogP contribution is -2.23. The van der Waals surface area contributed by atoms with Crippen molar-refractivity contribution in [3.8, 4) is 0 Å². The smallest absolute Gasteiger partial charge is 0.263 e. The lowest BCUT2D eigenvalue weighted by Gasteiger charge is -2.23. The minimum atomic E-state index is -0.162. The zero-order chi connectivity index (χ0) is 18.1. The summed E-state index contributed by atoms with van der Waals surface area (Å²) < 4.78 is 0. The molecule has 4 heterocycles. The first-order valence-corrected chi connectivity index (χ1v) is 9.54. The van der Waals surface area contributed by atoms with E-state index < -0.39 is 0 Å². The molecule has 0 spiro atoms. The standard InChI is InChI=1S/C19H21N5OS/c1-21-18(25)17-16(20)13-7-8-14(23-19(13)26-17)15-6-4-10-24(15)11-12-5-2-3-9-22-12/h2-3,5,7-9,15H,4,6,10-11,20H2,1H3,(H,21,25)/t15-/m0/s1. The van der Waals surface area contributed by atoms with Gasteiger partial charge >= 0.3 is 0 Å². The largest absolute Gasteiger partial charge is 0.397 e. The molecule has 1 saturated heterocycles. The summed E-state index contributed by atoms with van der Waals surface area (Å²) in [7, 11) is 1.61.